The first-order chi connectivity index (χ1) is 46.4. The van der Waals surface area contributed by atoms with Crippen molar-refractivity contribution in [1.82, 2.24) is 36.3 Å². The molecule has 31 heteroatoms. The number of aliphatic carboxylic acids is 1. The van der Waals surface area contributed by atoms with Gasteiger partial charge in [0.15, 0.2) is 17.2 Å². The van der Waals surface area contributed by atoms with Crippen molar-refractivity contribution in [3.8, 4) is 5.75 Å². The number of ketones is 2. The van der Waals surface area contributed by atoms with Crippen molar-refractivity contribution in [3.63, 3.8) is 0 Å². The number of carbonyl (C=O) groups excluding carboxylic acids is 6. The Morgan fingerprint density at radius 1 is 0.837 bits per heavy atom. The Balaban J connectivity index is 0.879. The van der Waals surface area contributed by atoms with Gasteiger partial charge in [-0.25, -0.2) is 10.2 Å². The van der Waals surface area contributed by atoms with E-state index in [-0.39, 0.29) is 24.0 Å². The Hall–Kier alpha value is -6.01. The Kier molecular flexibility index (Phi) is 23.8. The summed E-state index contributed by atoms with van der Waals surface area (Å²) in [5, 5.41) is 135. The zero-order chi connectivity index (χ0) is 71.7. The normalized spacial score (nSPS) is 30.1. The summed E-state index contributed by atoms with van der Waals surface area (Å²) in [5.74, 6) is -10.6. The van der Waals surface area contributed by atoms with Crippen LogP contribution in [0.4, 0.5) is 10.5 Å². The number of aromatic nitrogens is 1. The number of likely N-dealkylation sites (N-methyl/N-ethyl adjacent to an activating group) is 1. The summed E-state index contributed by atoms with van der Waals surface area (Å²) in [6.07, 6.45) is -10.8. The number of para-hydroxylation sites is 1. The monoisotopic (exact) mass is 1410 g/mol. The van der Waals surface area contributed by atoms with Gasteiger partial charge < -0.3 is 91.3 Å². The van der Waals surface area contributed by atoms with Gasteiger partial charge in [-0.15, -0.1) is 0 Å². The summed E-state index contributed by atoms with van der Waals surface area (Å²) < 4.78 is 11.8. The van der Waals surface area contributed by atoms with E-state index in [9.17, 15) is 90.0 Å². The van der Waals surface area contributed by atoms with E-state index in [1.165, 1.54) is 5.56 Å². The number of Topliss-reactive ketones (excluding diaryl/α,β-unsaturated/α-hetero) is 2. The van der Waals surface area contributed by atoms with E-state index in [1.807, 2.05) is 59.7 Å². The molecular formula is C67H94N8O21S2. The first kappa shape index (κ1) is 76.2. The predicted molar refractivity (Wildman–Crippen MR) is 358 cm³/mol. The van der Waals surface area contributed by atoms with Crippen LogP contribution in [0.5, 0.6) is 5.75 Å². The number of methoxy groups -OCH3 is 1. The van der Waals surface area contributed by atoms with E-state index < -0.39 is 174 Å². The summed E-state index contributed by atoms with van der Waals surface area (Å²) in [6.45, 7) is 13.8. The van der Waals surface area contributed by atoms with Gasteiger partial charge in [-0.1, -0.05) is 65.8 Å². The van der Waals surface area contributed by atoms with Crippen LogP contribution in [0.2, 0.25) is 0 Å². The van der Waals surface area contributed by atoms with Crippen molar-refractivity contribution in [2.24, 2.45) is 23.2 Å². The molecule has 2 aromatic carbocycles. The van der Waals surface area contributed by atoms with Gasteiger partial charge in [0.25, 0.3) is 5.91 Å². The molecule has 1 aliphatic carbocycles. The number of hydrogen-bond acceptors (Lipinski definition) is 25. The van der Waals surface area contributed by atoms with Crippen LogP contribution in [0.15, 0.2) is 48.6 Å². The van der Waals surface area contributed by atoms with Crippen LogP contribution in [0.3, 0.4) is 0 Å². The summed E-state index contributed by atoms with van der Waals surface area (Å²) in [6, 6.07) is 6.72. The molecule has 2 saturated heterocycles. The third-order valence-electron chi connectivity index (χ3n) is 21.5. The smallest absolute Gasteiger partial charge is 0.426 e. The molecule has 4 amide bonds. The van der Waals surface area contributed by atoms with Gasteiger partial charge in [-0.2, -0.15) is 0 Å². The number of H-pyrrole nitrogens is 1. The van der Waals surface area contributed by atoms with E-state index in [2.05, 4.69) is 50.8 Å². The number of amides is 4. The number of benzene rings is 2. The lowest BCUT2D eigenvalue weighted by Crippen LogP contribution is -2.82. The van der Waals surface area contributed by atoms with Gasteiger partial charge in [-0.05, 0) is 88.1 Å². The topological polar surface area (TPSA) is 454 Å². The van der Waals surface area contributed by atoms with Crippen LogP contribution in [0, 0.1) is 30.1 Å². The van der Waals surface area contributed by atoms with Crippen molar-refractivity contribution < 1.29 is 104 Å². The largest absolute Gasteiger partial charge is 0.496 e. The maximum Gasteiger partial charge on any atom is 0.426 e. The van der Waals surface area contributed by atoms with E-state index >= 15 is 4.79 Å². The number of aromatic amines is 1. The number of aliphatic hydroxyl groups excluding tert-OH is 9. The molecule has 98 heavy (non-hydrogen) atoms. The maximum absolute atomic E-state index is 15.2. The average Bonchev–Trinajstić information content (AvgIpc) is 1.46. The first-order valence-electron chi connectivity index (χ1n) is 33.1. The summed E-state index contributed by atoms with van der Waals surface area (Å²) >= 11 is 0. The summed E-state index contributed by atoms with van der Waals surface area (Å²) in [7, 11) is 5.32. The van der Waals surface area contributed by atoms with Crippen LogP contribution in [-0.4, -0.2) is 274 Å². The minimum absolute atomic E-state index is 0.00194. The van der Waals surface area contributed by atoms with Gasteiger partial charge in [0.2, 0.25) is 11.8 Å². The molecule has 3 fully saturated rings. The van der Waals surface area contributed by atoms with Gasteiger partial charge in [0, 0.05) is 127 Å². The molecule has 20 atom stereocenters. The molecule has 1 saturated carbocycles. The third-order valence-corrected chi connectivity index (χ3v) is 24.0. The highest BCUT2D eigenvalue weighted by atomic mass is 33.1. The van der Waals surface area contributed by atoms with Gasteiger partial charge in [0.05, 0.1) is 37.9 Å². The molecule has 17 N–H and O–H groups in total. The number of carboxylic acids is 1. The first-order valence-corrected chi connectivity index (χ1v) is 35.6. The number of nitrogens with zero attached hydrogens (tertiary/aromatic N) is 3. The summed E-state index contributed by atoms with van der Waals surface area (Å²) in [4.78, 5) is 104. The fraction of sp³-hybridized carbons (Fsp3) is 0.642. The number of ether oxygens (including phenoxy) is 2. The van der Waals surface area contributed by atoms with E-state index in [0.29, 0.717) is 63.2 Å². The molecule has 5 aliphatic heterocycles. The molecule has 2 bridgehead atoms. The fourth-order valence-corrected chi connectivity index (χ4v) is 18.9. The van der Waals surface area contributed by atoms with Gasteiger partial charge in [0.1, 0.15) is 67.2 Å². The lowest BCUT2D eigenvalue weighted by molar-refractivity contribution is -0.204. The number of fused-ring (bicyclic) bond motifs is 6. The third kappa shape index (κ3) is 14.2. The lowest BCUT2D eigenvalue weighted by Gasteiger charge is -2.63. The van der Waals surface area contributed by atoms with Crippen molar-refractivity contribution in [2.45, 2.75) is 168 Å². The molecule has 29 nitrogen and oxygen atoms in total. The van der Waals surface area contributed by atoms with Gasteiger partial charge in [-0.3, -0.25) is 44.0 Å². The summed E-state index contributed by atoms with van der Waals surface area (Å²) in [5.41, 5.74) is 3.89. The highest BCUT2D eigenvalue weighted by Gasteiger charge is 2.79. The quantitative estimate of drug-likeness (QED) is 0.0160. The number of nitrogens with one attached hydrogen (secondary N) is 5. The number of piperidine rings is 1. The number of carboxylic acid groups (broad SMARTS) is 1. The SMILES string of the molecule is [CH][C@H](CC(=O)[C@@H](NC(C)=O)[C@@H](O)[C@H](O)[C@H](O)CO)C(=O)N[C@H](C(=O)C[C@@H](CSSCCOC(=O)NNC(=O)[C@@]1(O)[C@H](O)[C@]2(CC)C=CCN3CC[C@@]4(c5cc([C@@]6(C)C[C@@H]7CN(CCc8c6[nH]c6ccccc86)C[C@](O)(CC)C7)c(OC)cc5N(C)[C@@H]14)[C@@H]32)C(=O)O)[C@@H](O)[C@H](O)[C@H](O)CO. The lowest BCUT2D eigenvalue weighted by atomic mass is 9.47. The van der Waals surface area contributed by atoms with Crippen molar-refractivity contribution in [3.05, 3.63) is 77.9 Å². The second-order valence-corrected chi connectivity index (χ2v) is 30.1. The van der Waals surface area contributed by atoms with Crippen molar-refractivity contribution in [2.75, 3.05) is 83.1 Å². The van der Waals surface area contributed by atoms with Crippen LogP contribution in [-0.2, 0) is 50.8 Å². The Morgan fingerprint density at radius 3 is 2.13 bits per heavy atom. The highest BCUT2D eigenvalue weighted by molar-refractivity contribution is 8.76. The van der Waals surface area contributed by atoms with E-state index in [0.717, 1.165) is 75.7 Å². The Morgan fingerprint density at radius 2 is 1.50 bits per heavy atom. The second kappa shape index (κ2) is 30.7. The maximum atomic E-state index is 15.2. The number of hydrogen-bond donors (Lipinski definition) is 17. The number of rotatable bonds is 29. The fourth-order valence-electron chi connectivity index (χ4n) is 16.8. The van der Waals surface area contributed by atoms with Crippen LogP contribution < -0.4 is 31.1 Å². The van der Waals surface area contributed by atoms with E-state index in [4.69, 9.17) is 16.4 Å². The molecule has 6 heterocycles. The molecule has 6 aliphatic rings. The molecule has 1 unspecified atom stereocenters. The molecule has 2 radical (unpaired) electrons. The van der Waals surface area contributed by atoms with Crippen LogP contribution in [0.1, 0.15) is 95.0 Å². The number of anilines is 1. The Bertz CT molecular complexity index is 3480. The van der Waals surface area contributed by atoms with Crippen LogP contribution in [0.25, 0.3) is 10.9 Å². The molecule has 540 valence electrons. The molecule has 3 aromatic rings. The number of aliphatic hydroxyl groups is 11. The molecular weight excluding hydrogens is 1320 g/mol. The Labute approximate surface area is 575 Å². The highest BCUT2D eigenvalue weighted by Crippen LogP contribution is 2.67. The standard InChI is InChI=1S/C67H94N8O21S2/c1-8-64(93)28-36-27-63(5,55-39(15-19-74(29-36)33-64)38-13-10-11-14-42(38)69-55)41-25-40-43(26-48(41)95-7)73(6)59-66(40)17-20-75-18-12-16-65(9-2,58(66)75)60(90)67(59,94)61(91)71-72-62(92)96-21-22-97-98-32-37(57(88)89)24-45(80)50(54(86)52(84)47(82)31-77)70-56(87)34(3)23-44(79)49(68-35(4)78)53(85)51(83)46(81)30-76/h3,10-14,16,25-26,34,36-37,46-47,49-54,58-60,69,76-77,81-86,90,93-94H,8-9,15,17-24,27-33H2,1-2,4-7H3,(H,68,78)(H,70,87)(H,71,91)(H,72,92)(H,88,89)/t34-,36+,37+,46-,47-,49-,50-,51-,52-,53-,54-,58+,59-,60-,63-,64+,65-,66-,67+/m1/s1. The van der Waals surface area contributed by atoms with Crippen LogP contribution >= 0.6 is 21.6 Å². The molecule has 1 aromatic heterocycles. The number of carbonyl (C=O) groups is 7. The minimum Gasteiger partial charge on any atom is -0.496 e. The second-order valence-electron chi connectivity index (χ2n) is 27.5. The average molecular weight is 1410 g/mol. The number of hydrazine groups is 1. The molecule has 1 spiro atoms. The zero-order valence-corrected chi connectivity index (χ0v) is 57.3. The molecule has 9 rings (SSSR count). The van der Waals surface area contributed by atoms with E-state index in [1.54, 1.807) is 14.2 Å². The zero-order valence-electron chi connectivity index (χ0n) is 55.7. The van der Waals surface area contributed by atoms with Crippen molar-refractivity contribution in [1.29, 1.82) is 0 Å². The minimum atomic E-state index is -2.61. The van der Waals surface area contributed by atoms with Gasteiger partial charge >= 0.3 is 12.1 Å². The predicted octanol–water partition coefficient (Wildman–Crippen LogP) is -1.68. The van der Waals surface area contributed by atoms with Crippen molar-refractivity contribution >= 4 is 79.5 Å².